The van der Waals surface area contributed by atoms with Gasteiger partial charge in [-0.3, -0.25) is 0 Å². The van der Waals surface area contributed by atoms with Crippen molar-refractivity contribution in [1.82, 2.24) is 0 Å². The van der Waals surface area contributed by atoms with E-state index in [1.165, 1.54) is 5.56 Å². The van der Waals surface area contributed by atoms with Gasteiger partial charge in [-0.25, -0.2) is 0 Å². The fourth-order valence-corrected chi connectivity index (χ4v) is 2.92. The Labute approximate surface area is 156 Å². The number of nitrogens with zero attached hydrogens (tertiary/aromatic N) is 2. The molecule has 2 nitrogen and oxygen atoms in total. The summed E-state index contributed by atoms with van der Waals surface area (Å²) in [5, 5.41) is 0. The number of hydrogen-bond acceptors (Lipinski definition) is 2. The second-order valence-corrected chi connectivity index (χ2v) is 6.28. The molecule has 0 N–H and O–H groups in total. The Hall–Kier alpha value is -3.26. The van der Waals surface area contributed by atoms with Crippen LogP contribution in [0.4, 0.5) is 22.7 Å². The van der Waals surface area contributed by atoms with Crippen LogP contribution in [0.2, 0.25) is 0 Å². The Balaban J connectivity index is 2.03. The standard InChI is InChI=1S/C24H24N2/c1-5-20(3)25(4)21-14-16-23(17-15-21)26(22-11-7-6-8-12-22)24-13-9-10-19(2)18-24/h5-18H,1,3H2,2,4H3. The Bertz CT molecular complexity index is 895. The minimum Gasteiger partial charge on any atom is -0.345 e. The molecule has 0 aliphatic rings. The molecule has 0 spiro atoms. The molecule has 0 aromatic heterocycles. The summed E-state index contributed by atoms with van der Waals surface area (Å²) < 4.78 is 0. The van der Waals surface area contributed by atoms with Crippen LogP contribution in [-0.4, -0.2) is 7.05 Å². The fraction of sp³-hybridized carbons (Fsp3) is 0.0833. The zero-order valence-corrected chi connectivity index (χ0v) is 15.4. The van der Waals surface area contributed by atoms with Gasteiger partial charge in [0.1, 0.15) is 0 Å². The third kappa shape index (κ3) is 3.70. The van der Waals surface area contributed by atoms with Crippen LogP contribution in [0.15, 0.2) is 104 Å². The number of hydrogen-bond donors (Lipinski definition) is 0. The highest BCUT2D eigenvalue weighted by atomic mass is 15.1. The molecule has 0 amide bonds. The Morgan fingerprint density at radius 3 is 1.96 bits per heavy atom. The zero-order chi connectivity index (χ0) is 18.5. The Morgan fingerprint density at radius 2 is 1.35 bits per heavy atom. The first-order chi connectivity index (χ1) is 12.6. The molecule has 0 atom stereocenters. The quantitative estimate of drug-likeness (QED) is 0.466. The maximum atomic E-state index is 4.01. The molecule has 3 aromatic carbocycles. The van der Waals surface area contributed by atoms with Gasteiger partial charge in [-0.1, -0.05) is 43.5 Å². The Morgan fingerprint density at radius 1 is 0.769 bits per heavy atom. The third-order valence-electron chi connectivity index (χ3n) is 4.44. The zero-order valence-electron chi connectivity index (χ0n) is 15.4. The SMILES string of the molecule is C=CC(=C)N(C)c1ccc(N(c2ccccc2)c2cccc(C)c2)cc1. The summed E-state index contributed by atoms with van der Waals surface area (Å²) in [5.74, 6) is 0. The van der Waals surface area contributed by atoms with Gasteiger partial charge in [-0.05, 0) is 67.1 Å². The van der Waals surface area contributed by atoms with Crippen LogP contribution in [0, 0.1) is 6.92 Å². The van der Waals surface area contributed by atoms with E-state index in [4.69, 9.17) is 0 Å². The molecule has 0 radical (unpaired) electrons. The summed E-state index contributed by atoms with van der Waals surface area (Å²) in [6.07, 6.45) is 1.76. The molecule has 2 heteroatoms. The number of rotatable bonds is 6. The first-order valence-corrected chi connectivity index (χ1v) is 8.67. The maximum Gasteiger partial charge on any atom is 0.0464 e. The van der Waals surface area contributed by atoms with Crippen molar-refractivity contribution >= 4 is 22.7 Å². The van der Waals surface area contributed by atoms with Crippen molar-refractivity contribution in [3.8, 4) is 0 Å². The molecular weight excluding hydrogens is 316 g/mol. The maximum absolute atomic E-state index is 4.01. The van der Waals surface area contributed by atoms with Crippen molar-refractivity contribution in [2.24, 2.45) is 0 Å². The van der Waals surface area contributed by atoms with Crippen molar-refractivity contribution < 1.29 is 0 Å². The van der Waals surface area contributed by atoms with E-state index in [1.807, 2.05) is 18.0 Å². The lowest BCUT2D eigenvalue weighted by molar-refractivity contribution is 1.14. The van der Waals surface area contributed by atoms with Gasteiger partial charge in [0.25, 0.3) is 0 Å². The number of allylic oxidation sites excluding steroid dienone is 1. The number of likely N-dealkylation sites (N-methyl/N-ethyl adjacent to an activating group) is 1. The highest BCUT2D eigenvalue weighted by molar-refractivity contribution is 5.77. The highest BCUT2D eigenvalue weighted by Gasteiger charge is 2.12. The van der Waals surface area contributed by atoms with Crippen LogP contribution in [-0.2, 0) is 0 Å². The van der Waals surface area contributed by atoms with Crippen molar-refractivity contribution in [3.05, 3.63) is 109 Å². The second-order valence-electron chi connectivity index (χ2n) is 6.28. The predicted octanol–water partition coefficient (Wildman–Crippen LogP) is 6.60. The van der Waals surface area contributed by atoms with Gasteiger partial charge in [0.2, 0.25) is 0 Å². The van der Waals surface area contributed by atoms with E-state index in [0.29, 0.717) is 0 Å². The molecule has 0 aliphatic heterocycles. The van der Waals surface area contributed by atoms with E-state index >= 15 is 0 Å². The first kappa shape index (κ1) is 17.6. The summed E-state index contributed by atoms with van der Waals surface area (Å²) in [4.78, 5) is 4.29. The Kier molecular flexibility index (Phi) is 5.23. The topological polar surface area (TPSA) is 6.48 Å². The van der Waals surface area contributed by atoms with E-state index in [0.717, 1.165) is 28.4 Å². The number of aryl methyl sites for hydroxylation is 1. The van der Waals surface area contributed by atoms with Crippen molar-refractivity contribution in [2.75, 3.05) is 16.8 Å². The summed E-state index contributed by atoms with van der Waals surface area (Å²) >= 11 is 0. The molecule has 26 heavy (non-hydrogen) atoms. The lowest BCUT2D eigenvalue weighted by Crippen LogP contribution is -2.14. The van der Waals surface area contributed by atoms with E-state index in [1.54, 1.807) is 6.08 Å². The lowest BCUT2D eigenvalue weighted by Gasteiger charge is -2.27. The largest absolute Gasteiger partial charge is 0.345 e. The van der Waals surface area contributed by atoms with Crippen LogP contribution in [0.25, 0.3) is 0 Å². The fourth-order valence-electron chi connectivity index (χ4n) is 2.92. The van der Waals surface area contributed by atoms with E-state index in [-0.39, 0.29) is 0 Å². The molecule has 0 saturated carbocycles. The van der Waals surface area contributed by atoms with E-state index < -0.39 is 0 Å². The van der Waals surface area contributed by atoms with Gasteiger partial charge in [0.15, 0.2) is 0 Å². The molecule has 0 bridgehead atoms. The normalized spacial score (nSPS) is 10.2. The monoisotopic (exact) mass is 340 g/mol. The van der Waals surface area contributed by atoms with Crippen LogP contribution in [0.3, 0.4) is 0 Å². The minimum absolute atomic E-state index is 0.872. The first-order valence-electron chi connectivity index (χ1n) is 8.67. The molecule has 0 fully saturated rings. The summed E-state index contributed by atoms with van der Waals surface area (Å²) in [6.45, 7) is 9.92. The van der Waals surface area contributed by atoms with Crippen LogP contribution in [0.1, 0.15) is 5.56 Å². The molecule has 0 aliphatic carbocycles. The molecule has 0 heterocycles. The van der Waals surface area contributed by atoms with E-state index in [2.05, 4.69) is 97.8 Å². The molecule has 3 aromatic rings. The van der Waals surface area contributed by atoms with Crippen LogP contribution < -0.4 is 9.80 Å². The molecular formula is C24H24N2. The number of anilines is 4. The van der Waals surface area contributed by atoms with Gasteiger partial charge < -0.3 is 9.80 Å². The second kappa shape index (κ2) is 7.75. The third-order valence-corrected chi connectivity index (χ3v) is 4.44. The number of para-hydroxylation sites is 1. The molecule has 0 unspecified atom stereocenters. The van der Waals surface area contributed by atoms with Gasteiger partial charge >= 0.3 is 0 Å². The smallest absolute Gasteiger partial charge is 0.0464 e. The molecule has 0 saturated heterocycles. The van der Waals surface area contributed by atoms with Crippen LogP contribution >= 0.6 is 0 Å². The summed E-state index contributed by atoms with van der Waals surface area (Å²) in [6, 6.07) is 27.5. The summed E-state index contributed by atoms with van der Waals surface area (Å²) in [7, 11) is 1.99. The van der Waals surface area contributed by atoms with Crippen LogP contribution in [0.5, 0.6) is 0 Å². The van der Waals surface area contributed by atoms with E-state index in [9.17, 15) is 0 Å². The molecule has 130 valence electrons. The molecule has 3 rings (SSSR count). The van der Waals surface area contributed by atoms with Gasteiger partial charge in [-0.15, -0.1) is 0 Å². The average molecular weight is 340 g/mol. The van der Waals surface area contributed by atoms with Crippen molar-refractivity contribution in [1.29, 1.82) is 0 Å². The average Bonchev–Trinajstić information content (AvgIpc) is 2.68. The van der Waals surface area contributed by atoms with Crippen molar-refractivity contribution in [2.45, 2.75) is 6.92 Å². The van der Waals surface area contributed by atoms with Gasteiger partial charge in [0, 0.05) is 35.5 Å². The lowest BCUT2D eigenvalue weighted by atomic mass is 10.1. The van der Waals surface area contributed by atoms with Crippen molar-refractivity contribution in [3.63, 3.8) is 0 Å². The minimum atomic E-state index is 0.872. The summed E-state index contributed by atoms with van der Waals surface area (Å²) in [5.41, 5.74) is 6.58. The number of benzene rings is 3. The predicted molar refractivity (Wildman–Crippen MR) is 114 cm³/mol. The van der Waals surface area contributed by atoms with Gasteiger partial charge in [-0.2, -0.15) is 0 Å². The highest BCUT2D eigenvalue weighted by Crippen LogP contribution is 2.35. The van der Waals surface area contributed by atoms with Gasteiger partial charge in [0.05, 0.1) is 0 Å².